The molecule has 1 saturated heterocycles. The Kier molecular flexibility index (Phi) is 4.94. The number of anilines is 2. The van der Waals surface area contributed by atoms with E-state index in [0.29, 0.717) is 22.7 Å². The maximum atomic E-state index is 12.4. The maximum Gasteiger partial charge on any atom is 0.240 e. The van der Waals surface area contributed by atoms with Gasteiger partial charge >= 0.3 is 0 Å². The number of thioether (sulfide) groups is 1. The standard InChI is InChI=1S/C15H23N3OS/c1-11-8-18(9-12(2)20-11)10-15(19)17(3)14-6-4-13(16)5-7-14/h4-7,11-12H,8-10,16H2,1-3H3. The van der Waals surface area contributed by atoms with Gasteiger partial charge in [0, 0.05) is 42.0 Å². The van der Waals surface area contributed by atoms with Gasteiger partial charge in [-0.25, -0.2) is 0 Å². The molecule has 2 atom stereocenters. The highest BCUT2D eigenvalue weighted by molar-refractivity contribution is 8.00. The van der Waals surface area contributed by atoms with Crippen LogP contribution in [0.4, 0.5) is 11.4 Å². The first-order valence-electron chi connectivity index (χ1n) is 6.95. The van der Waals surface area contributed by atoms with Crippen molar-refractivity contribution in [1.82, 2.24) is 4.90 Å². The molecule has 0 radical (unpaired) electrons. The van der Waals surface area contributed by atoms with E-state index in [-0.39, 0.29) is 5.91 Å². The monoisotopic (exact) mass is 293 g/mol. The van der Waals surface area contributed by atoms with Gasteiger partial charge in [0.05, 0.1) is 6.54 Å². The fourth-order valence-corrected chi connectivity index (χ4v) is 3.94. The van der Waals surface area contributed by atoms with E-state index in [1.165, 1.54) is 0 Å². The molecule has 1 aliphatic rings. The van der Waals surface area contributed by atoms with Crippen LogP contribution in [0.5, 0.6) is 0 Å². The number of benzene rings is 1. The molecular formula is C15H23N3OS. The third kappa shape index (κ3) is 3.90. The number of carbonyl (C=O) groups is 1. The first-order valence-corrected chi connectivity index (χ1v) is 7.90. The van der Waals surface area contributed by atoms with Crippen LogP contribution in [-0.2, 0) is 4.79 Å². The fourth-order valence-electron chi connectivity index (χ4n) is 2.55. The van der Waals surface area contributed by atoms with Gasteiger partial charge in [-0.2, -0.15) is 11.8 Å². The quantitative estimate of drug-likeness (QED) is 0.867. The van der Waals surface area contributed by atoms with Gasteiger partial charge in [-0.1, -0.05) is 13.8 Å². The van der Waals surface area contributed by atoms with Crippen LogP contribution in [0.25, 0.3) is 0 Å². The molecule has 1 fully saturated rings. The smallest absolute Gasteiger partial charge is 0.240 e. The minimum atomic E-state index is 0.126. The van der Waals surface area contributed by atoms with Crippen LogP contribution in [0, 0.1) is 0 Å². The van der Waals surface area contributed by atoms with E-state index in [2.05, 4.69) is 18.7 Å². The Morgan fingerprint density at radius 3 is 2.40 bits per heavy atom. The lowest BCUT2D eigenvalue weighted by atomic mass is 10.2. The van der Waals surface area contributed by atoms with E-state index in [1.54, 1.807) is 4.90 Å². The van der Waals surface area contributed by atoms with Gasteiger partial charge in [-0.3, -0.25) is 9.69 Å². The lowest BCUT2D eigenvalue weighted by Crippen LogP contribution is -2.46. The van der Waals surface area contributed by atoms with Crippen molar-refractivity contribution in [2.45, 2.75) is 24.3 Å². The van der Waals surface area contributed by atoms with Crippen molar-refractivity contribution < 1.29 is 4.79 Å². The van der Waals surface area contributed by atoms with Crippen molar-refractivity contribution >= 4 is 29.0 Å². The van der Waals surface area contributed by atoms with Crippen LogP contribution >= 0.6 is 11.8 Å². The van der Waals surface area contributed by atoms with E-state index in [4.69, 9.17) is 5.73 Å². The SMILES string of the molecule is CC1CN(CC(=O)N(C)c2ccc(N)cc2)CC(C)S1. The van der Waals surface area contributed by atoms with Crippen molar-refractivity contribution in [3.8, 4) is 0 Å². The second kappa shape index (κ2) is 6.50. The van der Waals surface area contributed by atoms with E-state index < -0.39 is 0 Å². The molecule has 1 aromatic carbocycles. The van der Waals surface area contributed by atoms with Crippen LogP contribution in [0.15, 0.2) is 24.3 Å². The van der Waals surface area contributed by atoms with Crippen molar-refractivity contribution in [1.29, 1.82) is 0 Å². The van der Waals surface area contributed by atoms with E-state index in [1.807, 2.05) is 43.1 Å². The Labute approximate surface area is 125 Å². The predicted molar refractivity (Wildman–Crippen MR) is 87.2 cm³/mol. The molecule has 0 bridgehead atoms. The zero-order valence-corrected chi connectivity index (χ0v) is 13.2. The van der Waals surface area contributed by atoms with Crippen molar-refractivity contribution in [3.63, 3.8) is 0 Å². The number of hydrogen-bond donors (Lipinski definition) is 1. The summed E-state index contributed by atoms with van der Waals surface area (Å²) in [6, 6.07) is 7.40. The Hall–Kier alpha value is -1.20. The van der Waals surface area contributed by atoms with Gasteiger partial charge in [-0.05, 0) is 24.3 Å². The number of rotatable bonds is 3. The normalized spacial score (nSPS) is 23.6. The topological polar surface area (TPSA) is 49.6 Å². The summed E-state index contributed by atoms with van der Waals surface area (Å²) in [6.07, 6.45) is 0. The summed E-state index contributed by atoms with van der Waals surface area (Å²) in [7, 11) is 1.82. The Morgan fingerprint density at radius 1 is 1.30 bits per heavy atom. The Morgan fingerprint density at radius 2 is 1.85 bits per heavy atom. The third-order valence-corrected chi connectivity index (χ3v) is 4.74. The van der Waals surface area contributed by atoms with E-state index >= 15 is 0 Å². The summed E-state index contributed by atoms with van der Waals surface area (Å²) in [5, 5.41) is 1.18. The molecule has 2 unspecified atom stereocenters. The number of amides is 1. The van der Waals surface area contributed by atoms with Gasteiger partial charge in [-0.15, -0.1) is 0 Å². The molecule has 0 aromatic heterocycles. The van der Waals surface area contributed by atoms with Gasteiger partial charge in [0.1, 0.15) is 0 Å². The molecule has 1 aliphatic heterocycles. The molecular weight excluding hydrogens is 270 g/mol. The number of nitrogens with zero attached hydrogens (tertiary/aromatic N) is 2. The molecule has 1 amide bonds. The van der Waals surface area contributed by atoms with Crippen LogP contribution in [0.3, 0.4) is 0 Å². The second-order valence-electron chi connectivity index (χ2n) is 5.50. The van der Waals surface area contributed by atoms with E-state index in [0.717, 1.165) is 18.8 Å². The summed E-state index contributed by atoms with van der Waals surface area (Å²) >= 11 is 2.00. The molecule has 110 valence electrons. The van der Waals surface area contributed by atoms with Gasteiger partial charge in [0.15, 0.2) is 0 Å². The van der Waals surface area contributed by atoms with E-state index in [9.17, 15) is 4.79 Å². The Bertz CT molecular complexity index is 453. The molecule has 0 spiro atoms. The lowest BCUT2D eigenvalue weighted by Gasteiger charge is -2.34. The van der Waals surface area contributed by atoms with Crippen LogP contribution in [-0.4, -0.2) is 48.0 Å². The number of carbonyl (C=O) groups excluding carboxylic acids is 1. The minimum absolute atomic E-state index is 0.126. The van der Waals surface area contributed by atoms with Crippen molar-refractivity contribution in [2.75, 3.05) is 37.3 Å². The highest BCUT2D eigenvalue weighted by Crippen LogP contribution is 2.24. The van der Waals surface area contributed by atoms with Crippen LogP contribution in [0.2, 0.25) is 0 Å². The van der Waals surface area contributed by atoms with Gasteiger partial charge in [0.2, 0.25) is 5.91 Å². The number of likely N-dealkylation sites (N-methyl/N-ethyl adjacent to an activating group) is 1. The number of hydrogen-bond acceptors (Lipinski definition) is 4. The lowest BCUT2D eigenvalue weighted by molar-refractivity contribution is -0.119. The predicted octanol–water partition coefficient (Wildman–Crippen LogP) is 2.06. The highest BCUT2D eigenvalue weighted by Gasteiger charge is 2.24. The molecule has 5 heteroatoms. The molecule has 2 rings (SSSR count). The second-order valence-corrected chi connectivity index (χ2v) is 7.38. The summed E-state index contributed by atoms with van der Waals surface area (Å²) in [5.41, 5.74) is 7.27. The summed E-state index contributed by atoms with van der Waals surface area (Å²) in [6.45, 7) is 6.89. The largest absolute Gasteiger partial charge is 0.399 e. The van der Waals surface area contributed by atoms with Gasteiger partial charge in [0.25, 0.3) is 0 Å². The molecule has 1 aromatic rings. The first kappa shape index (κ1) is 15.2. The molecule has 0 saturated carbocycles. The molecule has 20 heavy (non-hydrogen) atoms. The van der Waals surface area contributed by atoms with Crippen molar-refractivity contribution in [3.05, 3.63) is 24.3 Å². The van der Waals surface area contributed by atoms with Crippen LogP contribution < -0.4 is 10.6 Å². The van der Waals surface area contributed by atoms with Gasteiger partial charge < -0.3 is 10.6 Å². The first-order chi connectivity index (χ1) is 9.45. The molecule has 4 nitrogen and oxygen atoms in total. The number of nitrogens with two attached hydrogens (primary N) is 1. The molecule has 1 heterocycles. The molecule has 0 aliphatic carbocycles. The fraction of sp³-hybridized carbons (Fsp3) is 0.533. The summed E-state index contributed by atoms with van der Waals surface area (Å²) in [5.74, 6) is 0.126. The number of nitrogen functional groups attached to an aromatic ring is 1. The molecule has 2 N–H and O–H groups in total. The van der Waals surface area contributed by atoms with Crippen molar-refractivity contribution in [2.24, 2.45) is 0 Å². The maximum absolute atomic E-state index is 12.4. The third-order valence-electron chi connectivity index (χ3n) is 3.51. The zero-order chi connectivity index (χ0) is 14.7. The highest BCUT2D eigenvalue weighted by atomic mass is 32.2. The van der Waals surface area contributed by atoms with Crippen LogP contribution in [0.1, 0.15) is 13.8 Å². The average molecular weight is 293 g/mol. The summed E-state index contributed by atoms with van der Waals surface area (Å²) < 4.78 is 0. The summed E-state index contributed by atoms with van der Waals surface area (Å²) in [4.78, 5) is 16.3. The Balaban J connectivity index is 1.95. The zero-order valence-electron chi connectivity index (χ0n) is 12.4. The average Bonchev–Trinajstić information content (AvgIpc) is 2.37. The minimum Gasteiger partial charge on any atom is -0.399 e.